The van der Waals surface area contributed by atoms with Crippen molar-refractivity contribution in [2.75, 3.05) is 0 Å². The van der Waals surface area contributed by atoms with Gasteiger partial charge in [-0.2, -0.15) is 0 Å². The minimum Gasteiger partial charge on any atom is -0.460 e. The van der Waals surface area contributed by atoms with Crippen LogP contribution in [0.15, 0.2) is 24.6 Å². The second-order valence-electron chi connectivity index (χ2n) is 19.8. The van der Waals surface area contributed by atoms with Crippen molar-refractivity contribution >= 4 is 287 Å². The van der Waals surface area contributed by atoms with Gasteiger partial charge in [0.05, 0.1) is 0 Å². The molecule has 0 saturated heterocycles. The van der Waals surface area contributed by atoms with Crippen LogP contribution in [0.5, 0.6) is 0 Å². The van der Waals surface area contributed by atoms with Crippen LogP contribution in [-0.2, 0) is 147 Å². The highest BCUT2D eigenvalue weighted by Crippen LogP contribution is 2.29. The molecule has 0 saturated carbocycles. The number of hydrogen-bond donors (Lipinski definition) is 1. The second-order valence-corrected chi connectivity index (χ2v) is 190. The minimum absolute atomic E-state index is 0.0569. The van der Waals surface area contributed by atoms with E-state index in [0.717, 1.165) is 6.55 Å². The maximum atomic E-state index is 12.9. The summed E-state index contributed by atoms with van der Waals surface area (Å²) >= 11 is 0. The second kappa shape index (κ2) is 43.4. The topological polar surface area (TPSA) is 560 Å². The van der Waals surface area contributed by atoms with Gasteiger partial charge in [0, 0.05) is 5.22 Å². The van der Waals surface area contributed by atoms with E-state index in [2.05, 4.69) is 58.9 Å². The van der Waals surface area contributed by atoms with Crippen LogP contribution >= 0.6 is 0 Å². The van der Waals surface area contributed by atoms with Gasteiger partial charge in [0.25, 0.3) is 0 Å². The molecule has 0 spiro atoms. The lowest BCUT2D eigenvalue weighted by Gasteiger charge is -2.42. The van der Waals surface area contributed by atoms with E-state index in [4.69, 9.17) is 30.5 Å². The Morgan fingerprint density at radius 1 is 0.398 bits per heavy atom. The molecule has 0 aliphatic carbocycles. The first-order valence-electron chi connectivity index (χ1n) is 23.7. The monoisotopic (exact) mass is 1820 g/mol. The summed E-state index contributed by atoms with van der Waals surface area (Å²) in [4.78, 5) is 10.4. The SMILES string of the molecule is C=C[Si](C)(C)OC(C)(C)[Si](C)(C)C=C.C[SiH](C)O[SiH2][Si](=O)[Si](=O)[Si](=O)[Si](=O)[Si](=O)[SiH](C)O[SiH2][Si](=O)[Si](=O)[Si](=O)[Si](=O)[Si](=O)[Si](=O)[Si](=O)[Si](=O)[Si](=O)[Si](=O)[Si](=O)[Si](=O)[Si](=O)[Si](=O)[Si](=O)[Si](=O)[Si](=O)[Si](=O)[Si](=O)[Si](=O)[Si](=O)[Si](C)(C)[Si](C)(C)O.O=[Si]=O.O=[Si]=O. The van der Waals surface area contributed by atoms with Crippen LogP contribution < -0.4 is 0 Å². The van der Waals surface area contributed by atoms with Crippen molar-refractivity contribution in [3.63, 3.8) is 0 Å². The Hall–Kier alpha value is 1.13. The Kier molecular flexibility index (Phi) is 47.1. The van der Waals surface area contributed by atoms with Crippen LogP contribution in [0.1, 0.15) is 13.8 Å². The van der Waals surface area contributed by atoms with E-state index >= 15 is 0 Å². The van der Waals surface area contributed by atoms with E-state index in [0.29, 0.717) is 0 Å². The summed E-state index contributed by atoms with van der Waals surface area (Å²) in [6.45, 7) is 31.1. The molecule has 0 rings (SSSR count). The summed E-state index contributed by atoms with van der Waals surface area (Å²) in [7, 11) is -129. The van der Waals surface area contributed by atoms with E-state index in [1.165, 1.54) is 26.2 Å². The van der Waals surface area contributed by atoms with Gasteiger partial charge in [0.1, 0.15) is 15.2 Å². The van der Waals surface area contributed by atoms with E-state index in [1.807, 2.05) is 5.70 Å². The van der Waals surface area contributed by atoms with Crippen molar-refractivity contribution in [3.8, 4) is 0 Å². The van der Waals surface area contributed by atoms with Gasteiger partial charge in [-0.05, 0) is 59.7 Å². The average Bonchev–Trinajstić information content (AvgIpc) is 2.88. The quantitative estimate of drug-likeness (QED) is 0.0561. The van der Waals surface area contributed by atoms with Crippen molar-refractivity contribution in [1.29, 1.82) is 0 Å². The molecular weight excluding hydrogens is 1770 g/mol. The molecule has 0 amide bonds. The zero-order valence-electron chi connectivity index (χ0n) is 48.6. The Labute approximate surface area is 547 Å². The third-order valence-electron chi connectivity index (χ3n) is 11.6. The van der Waals surface area contributed by atoms with Crippen LogP contribution in [-0.4, -0.2) is 297 Å². The predicted molar refractivity (Wildman–Crippen MR) is 341 cm³/mol. The van der Waals surface area contributed by atoms with Gasteiger partial charge in [0.15, 0.2) is 16.9 Å². The molecule has 0 aromatic carbocycles. The first-order valence-corrected chi connectivity index (χ1v) is 112. The lowest BCUT2D eigenvalue weighted by molar-refractivity contribution is 0.181. The molecule has 472 valence electrons. The zero-order chi connectivity index (χ0) is 71.0. The molecule has 0 aromatic heterocycles. The van der Waals surface area contributed by atoms with Crippen LogP contribution in [0.3, 0.4) is 0 Å². The maximum Gasteiger partial charge on any atom is 0.549 e. The lowest BCUT2D eigenvalue weighted by Crippen LogP contribution is -2.67. The van der Waals surface area contributed by atoms with E-state index in [1.54, 1.807) is 13.1 Å². The van der Waals surface area contributed by atoms with E-state index < -0.39 is 287 Å². The van der Waals surface area contributed by atoms with Crippen molar-refractivity contribution < 1.29 is 151 Å². The summed E-state index contributed by atoms with van der Waals surface area (Å²) in [5, 5.41) is -0.0569. The smallest absolute Gasteiger partial charge is 0.460 e. The van der Waals surface area contributed by atoms with Crippen molar-refractivity contribution in [1.82, 2.24) is 0 Å². The Balaban J connectivity index is -0.00000150. The predicted octanol–water partition coefficient (Wildman–Crippen LogP) is -11.0. The summed E-state index contributed by atoms with van der Waals surface area (Å²) in [5.41, 5.74) is 4.09. The molecule has 1 atom stereocenters. The van der Waals surface area contributed by atoms with Crippen LogP contribution in [0.2, 0.25) is 72.0 Å². The first kappa shape index (κ1) is 95.5. The molecule has 0 radical (unpaired) electrons. The highest BCUT2D eigenvalue weighted by atomic mass is 30.1. The molecule has 0 bridgehead atoms. The highest BCUT2D eigenvalue weighted by molar-refractivity contribution is 7.84. The zero-order valence-corrected chi connectivity index (χ0v) is 85.7. The maximum absolute atomic E-state index is 12.9. The fourth-order valence-corrected chi connectivity index (χ4v) is 364. The van der Waals surface area contributed by atoms with Gasteiger partial charge in [-0.15, -0.1) is 13.2 Å². The first-order chi connectivity index (χ1) is 39.7. The van der Waals surface area contributed by atoms with Gasteiger partial charge in [-0.25, -0.2) is 0 Å². The molecular formula is C18H52O34Si36. The summed E-state index contributed by atoms with van der Waals surface area (Å²) in [5.74, 6) is 0. The van der Waals surface area contributed by atoms with E-state index in [9.17, 15) is 121 Å². The van der Waals surface area contributed by atoms with Crippen LogP contribution in [0, 0.1) is 0 Å². The van der Waals surface area contributed by atoms with Gasteiger partial charge in [-0.3, -0.25) is 17.8 Å². The van der Waals surface area contributed by atoms with Gasteiger partial charge >= 0.3 is 219 Å². The lowest BCUT2D eigenvalue weighted by atomic mass is 10.5. The fraction of sp³-hybridized carbons (Fsp3) is 0.778. The van der Waals surface area contributed by atoms with Crippen LogP contribution in [0.25, 0.3) is 0 Å². The largest absolute Gasteiger partial charge is 0.549 e. The molecule has 0 aliphatic rings. The van der Waals surface area contributed by atoms with Crippen LogP contribution in [0.4, 0.5) is 0 Å². The van der Waals surface area contributed by atoms with Gasteiger partial charge in [-0.1, -0.05) is 37.6 Å². The van der Waals surface area contributed by atoms with Crippen molar-refractivity contribution in [2.24, 2.45) is 0 Å². The molecule has 70 heteroatoms. The Morgan fingerprint density at radius 3 is 0.852 bits per heavy atom. The van der Waals surface area contributed by atoms with Crippen molar-refractivity contribution in [3.05, 3.63) is 24.6 Å². The Bertz CT molecular complexity index is 3300. The number of rotatable bonds is 38. The molecule has 0 aromatic rings. The summed E-state index contributed by atoms with van der Waals surface area (Å²) in [6, 6.07) is 0. The molecule has 1 N–H and O–H groups in total. The molecule has 0 aliphatic heterocycles. The summed E-state index contributed by atoms with van der Waals surface area (Å²) in [6.07, 6.45) is 0. The standard InChI is InChI=1S/C11H24OSi2.C7H28O29Si32.2O2Si/c1-9-13(5,6)11(3,4)12-14(7,8)10-2;1-39(2)35-37-41(8)44(11)47(14)46(13)43(10)40(3)36-38-42(9)45(12)48(15)49(16)50(17)51(18)52(19)53(20)54(21)55(22)56(23)57(24)58(25)59(26)60(27)61(28)62(29)63(30)64(31)65(32)66(33)68(6,7)67(4,5)34;2*1-3-2/h9-10H,1-2H2,3-8H3;34,39-40H,37-38H2,1-7H3;;. The molecule has 0 fully saturated rings. The summed E-state index contributed by atoms with van der Waals surface area (Å²) < 4.78 is 380. The third-order valence-corrected chi connectivity index (χ3v) is 270. The van der Waals surface area contributed by atoms with E-state index in [-0.39, 0.29) is 5.22 Å². The molecule has 0 heterocycles. The third kappa shape index (κ3) is 29.9. The number of hydrogen-bond acceptors (Lipinski definition) is 34. The minimum atomic E-state index is -4.59. The average molecular weight is 1820 g/mol. The van der Waals surface area contributed by atoms with Gasteiger partial charge < -0.3 is 133 Å². The van der Waals surface area contributed by atoms with Crippen molar-refractivity contribution in [2.45, 2.75) is 91.1 Å². The molecule has 34 nitrogen and oxygen atoms in total. The molecule has 1 unspecified atom stereocenters. The van der Waals surface area contributed by atoms with Gasteiger partial charge in [0.2, 0.25) is 35.4 Å². The molecule has 88 heavy (non-hydrogen) atoms. The highest BCUT2D eigenvalue weighted by Gasteiger charge is 2.59. The Morgan fingerprint density at radius 2 is 0.625 bits per heavy atom. The fourth-order valence-electron chi connectivity index (χ4n) is 4.80. The normalized spacial score (nSPS) is 11.4.